The molecule has 3 N–H and O–H groups in total. The summed E-state index contributed by atoms with van der Waals surface area (Å²) in [6.07, 6.45) is 2.61. The lowest BCUT2D eigenvalue weighted by molar-refractivity contribution is -0.121. The van der Waals surface area contributed by atoms with E-state index in [0.29, 0.717) is 19.5 Å². The van der Waals surface area contributed by atoms with Gasteiger partial charge in [0.15, 0.2) is 0 Å². The van der Waals surface area contributed by atoms with Crippen molar-refractivity contribution in [3.63, 3.8) is 0 Å². The molecule has 0 radical (unpaired) electrons. The predicted octanol–water partition coefficient (Wildman–Crippen LogP) is 2.26. The van der Waals surface area contributed by atoms with Crippen LogP contribution in [0.25, 0.3) is 0 Å². The molecule has 1 aliphatic carbocycles. The summed E-state index contributed by atoms with van der Waals surface area (Å²) in [7, 11) is 0. The van der Waals surface area contributed by atoms with Crippen molar-refractivity contribution >= 4 is 29.9 Å². The predicted molar refractivity (Wildman–Crippen MR) is 76.3 cm³/mol. The van der Waals surface area contributed by atoms with E-state index in [9.17, 15) is 4.79 Å². The molecule has 1 saturated carbocycles. The van der Waals surface area contributed by atoms with Crippen LogP contribution in [-0.4, -0.2) is 19.0 Å². The molecule has 3 nitrogen and oxygen atoms in total. The minimum atomic E-state index is 0. The van der Waals surface area contributed by atoms with E-state index in [4.69, 9.17) is 17.3 Å². The van der Waals surface area contributed by atoms with Crippen LogP contribution in [0.2, 0.25) is 5.02 Å². The first-order valence-corrected chi connectivity index (χ1v) is 6.27. The van der Waals surface area contributed by atoms with E-state index in [1.165, 1.54) is 5.56 Å². The second-order valence-electron chi connectivity index (χ2n) is 4.61. The number of carbonyl (C=O) groups excluding carboxylic acids is 1. The molecule has 1 aliphatic rings. The van der Waals surface area contributed by atoms with Crippen molar-refractivity contribution in [2.24, 2.45) is 5.73 Å². The van der Waals surface area contributed by atoms with Crippen LogP contribution < -0.4 is 11.1 Å². The molecule has 0 heterocycles. The summed E-state index contributed by atoms with van der Waals surface area (Å²) in [5, 5.41) is 3.69. The maximum absolute atomic E-state index is 11.4. The van der Waals surface area contributed by atoms with E-state index in [-0.39, 0.29) is 23.7 Å². The van der Waals surface area contributed by atoms with Crippen LogP contribution in [0.15, 0.2) is 24.3 Å². The molecule has 0 bridgehead atoms. The highest BCUT2D eigenvalue weighted by atomic mass is 35.5. The summed E-state index contributed by atoms with van der Waals surface area (Å²) in [6, 6.07) is 7.89. The van der Waals surface area contributed by atoms with Gasteiger partial charge in [0, 0.05) is 29.9 Å². The zero-order chi connectivity index (χ0) is 12.3. The van der Waals surface area contributed by atoms with Crippen LogP contribution in [0.4, 0.5) is 0 Å². The van der Waals surface area contributed by atoms with Crippen LogP contribution in [0.3, 0.4) is 0 Å². The van der Waals surface area contributed by atoms with Crippen LogP contribution >= 0.6 is 24.0 Å². The van der Waals surface area contributed by atoms with E-state index >= 15 is 0 Å². The Kier molecular flexibility index (Phi) is 5.45. The molecule has 2 rings (SSSR count). The topological polar surface area (TPSA) is 55.1 Å². The number of halogens is 2. The quantitative estimate of drug-likeness (QED) is 0.873. The van der Waals surface area contributed by atoms with Gasteiger partial charge in [0.2, 0.25) is 5.91 Å². The van der Waals surface area contributed by atoms with E-state index < -0.39 is 0 Å². The van der Waals surface area contributed by atoms with Crippen LogP contribution in [0.5, 0.6) is 0 Å². The van der Waals surface area contributed by atoms with Crippen molar-refractivity contribution in [3.05, 3.63) is 34.9 Å². The van der Waals surface area contributed by atoms with Gasteiger partial charge in [0.05, 0.1) is 0 Å². The summed E-state index contributed by atoms with van der Waals surface area (Å²) in [5.41, 5.74) is 6.66. The van der Waals surface area contributed by atoms with Gasteiger partial charge in [-0.15, -0.1) is 12.4 Å². The number of nitrogens with one attached hydrogen (secondary N) is 1. The Hall–Kier alpha value is -0.770. The summed E-state index contributed by atoms with van der Waals surface area (Å²) in [4.78, 5) is 11.4. The monoisotopic (exact) mass is 288 g/mol. The molecular formula is C13H18Cl2N2O. The molecule has 18 heavy (non-hydrogen) atoms. The fraction of sp³-hybridized carbons (Fsp3) is 0.462. The SMILES string of the molecule is Cl.NCCC(=O)NCC1(c2cccc(Cl)c2)CC1. The highest BCUT2D eigenvalue weighted by Crippen LogP contribution is 2.48. The summed E-state index contributed by atoms with van der Waals surface area (Å²) < 4.78 is 0. The Labute approximate surface area is 118 Å². The minimum Gasteiger partial charge on any atom is -0.355 e. The van der Waals surface area contributed by atoms with Crippen molar-refractivity contribution in [1.82, 2.24) is 5.32 Å². The second-order valence-corrected chi connectivity index (χ2v) is 5.04. The average Bonchev–Trinajstić information content (AvgIpc) is 3.08. The molecule has 100 valence electrons. The van der Waals surface area contributed by atoms with E-state index in [1.54, 1.807) is 0 Å². The fourth-order valence-electron chi connectivity index (χ4n) is 2.02. The first-order chi connectivity index (χ1) is 8.16. The maximum atomic E-state index is 11.4. The van der Waals surface area contributed by atoms with Crippen LogP contribution in [0.1, 0.15) is 24.8 Å². The Morgan fingerprint density at radius 2 is 2.17 bits per heavy atom. The Balaban J connectivity index is 0.00000162. The molecular weight excluding hydrogens is 271 g/mol. The van der Waals surface area contributed by atoms with Crippen molar-refractivity contribution in [2.45, 2.75) is 24.7 Å². The number of benzene rings is 1. The summed E-state index contributed by atoms with van der Waals surface area (Å²) >= 11 is 5.99. The van der Waals surface area contributed by atoms with Crippen molar-refractivity contribution < 1.29 is 4.79 Å². The first-order valence-electron chi connectivity index (χ1n) is 5.89. The van der Waals surface area contributed by atoms with Gasteiger partial charge < -0.3 is 11.1 Å². The van der Waals surface area contributed by atoms with E-state index in [2.05, 4.69) is 11.4 Å². The molecule has 0 unspecified atom stereocenters. The molecule has 0 spiro atoms. The van der Waals surface area contributed by atoms with Crippen molar-refractivity contribution in [3.8, 4) is 0 Å². The van der Waals surface area contributed by atoms with Gasteiger partial charge in [-0.05, 0) is 30.5 Å². The zero-order valence-corrected chi connectivity index (χ0v) is 11.7. The number of hydrogen-bond donors (Lipinski definition) is 2. The lowest BCUT2D eigenvalue weighted by Crippen LogP contribution is -2.33. The van der Waals surface area contributed by atoms with Gasteiger partial charge in [-0.3, -0.25) is 4.79 Å². The highest BCUT2D eigenvalue weighted by Gasteiger charge is 2.44. The fourth-order valence-corrected chi connectivity index (χ4v) is 2.21. The Morgan fingerprint density at radius 3 is 2.72 bits per heavy atom. The smallest absolute Gasteiger partial charge is 0.221 e. The Bertz CT molecular complexity index is 419. The third-order valence-electron chi connectivity index (χ3n) is 3.29. The maximum Gasteiger partial charge on any atom is 0.221 e. The lowest BCUT2D eigenvalue weighted by Gasteiger charge is -2.16. The third-order valence-corrected chi connectivity index (χ3v) is 3.52. The minimum absolute atomic E-state index is 0. The number of amides is 1. The molecule has 1 fully saturated rings. The van der Waals surface area contributed by atoms with Crippen molar-refractivity contribution in [2.75, 3.05) is 13.1 Å². The van der Waals surface area contributed by atoms with Gasteiger partial charge in [0.25, 0.3) is 0 Å². The first kappa shape index (κ1) is 15.3. The average molecular weight is 289 g/mol. The molecule has 5 heteroatoms. The van der Waals surface area contributed by atoms with Crippen LogP contribution in [-0.2, 0) is 10.2 Å². The van der Waals surface area contributed by atoms with Crippen molar-refractivity contribution in [1.29, 1.82) is 0 Å². The summed E-state index contributed by atoms with van der Waals surface area (Å²) in [6.45, 7) is 1.09. The van der Waals surface area contributed by atoms with Gasteiger partial charge >= 0.3 is 0 Å². The van der Waals surface area contributed by atoms with E-state index in [0.717, 1.165) is 17.9 Å². The molecule has 0 atom stereocenters. The number of hydrogen-bond acceptors (Lipinski definition) is 2. The van der Waals surface area contributed by atoms with Gasteiger partial charge in [0.1, 0.15) is 0 Å². The zero-order valence-electron chi connectivity index (χ0n) is 10.1. The lowest BCUT2D eigenvalue weighted by atomic mass is 9.96. The molecule has 0 aliphatic heterocycles. The number of rotatable bonds is 5. The normalized spacial score (nSPS) is 15.7. The van der Waals surface area contributed by atoms with E-state index in [1.807, 2.05) is 18.2 Å². The number of nitrogens with two attached hydrogens (primary N) is 1. The van der Waals surface area contributed by atoms with Gasteiger partial charge in [-0.25, -0.2) is 0 Å². The standard InChI is InChI=1S/C13H17ClN2O.ClH/c14-11-3-1-2-10(8-11)13(5-6-13)9-16-12(17)4-7-15;/h1-3,8H,4-7,9,15H2,(H,16,17);1H. The Morgan fingerprint density at radius 1 is 1.44 bits per heavy atom. The van der Waals surface area contributed by atoms with Gasteiger partial charge in [-0.2, -0.15) is 0 Å². The van der Waals surface area contributed by atoms with Gasteiger partial charge in [-0.1, -0.05) is 23.7 Å². The molecule has 1 amide bonds. The number of carbonyl (C=O) groups is 1. The molecule has 1 aromatic rings. The third kappa shape index (κ3) is 3.61. The summed E-state index contributed by atoms with van der Waals surface area (Å²) in [5.74, 6) is 0.0285. The molecule has 1 aromatic carbocycles. The molecule has 0 aromatic heterocycles. The highest BCUT2D eigenvalue weighted by molar-refractivity contribution is 6.30. The van der Waals surface area contributed by atoms with Crippen LogP contribution in [0, 0.1) is 0 Å². The molecule has 0 saturated heterocycles. The largest absolute Gasteiger partial charge is 0.355 e. The second kappa shape index (κ2) is 6.41.